The number of hydrogen-bond donors (Lipinski definition) is 1. The van der Waals surface area contributed by atoms with Crippen LogP contribution >= 0.6 is 0 Å². The van der Waals surface area contributed by atoms with Gasteiger partial charge in [-0.05, 0) is 24.1 Å². The van der Waals surface area contributed by atoms with Gasteiger partial charge in [-0.2, -0.15) is 0 Å². The lowest BCUT2D eigenvalue weighted by molar-refractivity contribution is 0.475. The lowest BCUT2D eigenvalue weighted by atomic mass is 10.1. The summed E-state index contributed by atoms with van der Waals surface area (Å²) in [6.07, 6.45) is 6.52. The molecule has 0 aliphatic rings. The predicted molar refractivity (Wildman–Crippen MR) is 79.0 cm³/mol. The summed E-state index contributed by atoms with van der Waals surface area (Å²) in [6.45, 7) is 2.17. The van der Waals surface area contributed by atoms with Gasteiger partial charge in [-0.25, -0.2) is 8.42 Å². The molecule has 0 atom stereocenters. The van der Waals surface area contributed by atoms with Gasteiger partial charge in [0.2, 0.25) is 0 Å². The third-order valence-corrected chi connectivity index (χ3v) is 4.82. The Morgan fingerprint density at radius 3 is 2.16 bits per heavy atom. The number of benzene rings is 1. The van der Waals surface area contributed by atoms with E-state index in [-0.39, 0.29) is 17.3 Å². The predicted octanol–water partition coefficient (Wildman–Crippen LogP) is 3.67. The number of rotatable bonds is 9. The molecular weight excluding hydrogens is 260 g/mol. The molecule has 0 aromatic heterocycles. The molecule has 0 saturated carbocycles. The van der Waals surface area contributed by atoms with Crippen LogP contribution in [0.2, 0.25) is 0 Å². The largest absolute Gasteiger partial charge is 0.508 e. The van der Waals surface area contributed by atoms with E-state index >= 15 is 0 Å². The van der Waals surface area contributed by atoms with Crippen molar-refractivity contribution in [3.05, 3.63) is 29.8 Å². The number of phenolic OH excluding ortho intramolecular Hbond substituents is 1. The van der Waals surface area contributed by atoms with E-state index in [2.05, 4.69) is 6.92 Å². The Hall–Kier alpha value is -1.03. The van der Waals surface area contributed by atoms with Gasteiger partial charge in [0.25, 0.3) is 0 Å². The first kappa shape index (κ1) is 16.0. The number of sulfone groups is 1. The summed E-state index contributed by atoms with van der Waals surface area (Å²) in [4.78, 5) is 0. The second kappa shape index (κ2) is 8.20. The first-order valence-corrected chi connectivity index (χ1v) is 8.84. The fourth-order valence-corrected chi connectivity index (χ4v) is 3.51. The number of aromatic hydroxyl groups is 1. The van der Waals surface area contributed by atoms with Crippen molar-refractivity contribution in [2.75, 3.05) is 5.75 Å². The minimum atomic E-state index is -3.02. The molecule has 108 valence electrons. The molecule has 0 unspecified atom stereocenters. The summed E-state index contributed by atoms with van der Waals surface area (Å²) in [5.74, 6) is 0.500. The minimum absolute atomic E-state index is 0.0717. The van der Waals surface area contributed by atoms with Crippen LogP contribution < -0.4 is 0 Å². The molecule has 19 heavy (non-hydrogen) atoms. The smallest absolute Gasteiger partial charge is 0.154 e. The van der Waals surface area contributed by atoms with Crippen molar-refractivity contribution in [1.29, 1.82) is 0 Å². The maximum absolute atomic E-state index is 11.9. The first-order chi connectivity index (χ1) is 9.03. The van der Waals surface area contributed by atoms with Crippen LogP contribution in [0.25, 0.3) is 0 Å². The second-order valence-corrected chi connectivity index (χ2v) is 7.21. The first-order valence-electron chi connectivity index (χ1n) is 7.02. The van der Waals surface area contributed by atoms with Gasteiger partial charge in [0.05, 0.1) is 11.5 Å². The average Bonchev–Trinajstić information content (AvgIpc) is 2.36. The van der Waals surface area contributed by atoms with Crippen LogP contribution in [0.3, 0.4) is 0 Å². The molecule has 0 heterocycles. The fourth-order valence-electron chi connectivity index (χ4n) is 2.02. The zero-order valence-corrected chi connectivity index (χ0v) is 12.5. The van der Waals surface area contributed by atoms with Crippen molar-refractivity contribution in [2.45, 2.75) is 51.2 Å². The zero-order valence-electron chi connectivity index (χ0n) is 11.6. The Morgan fingerprint density at radius 1 is 0.947 bits per heavy atom. The van der Waals surface area contributed by atoms with Crippen LogP contribution in [-0.2, 0) is 15.6 Å². The highest BCUT2D eigenvalue weighted by atomic mass is 32.2. The zero-order chi connectivity index (χ0) is 14.1. The molecule has 0 aliphatic heterocycles. The van der Waals surface area contributed by atoms with Crippen molar-refractivity contribution in [2.24, 2.45) is 0 Å². The summed E-state index contributed by atoms with van der Waals surface area (Å²) in [5.41, 5.74) is 0.740. The SMILES string of the molecule is CCCCCCCCS(=O)(=O)Cc1ccc(O)cc1. The van der Waals surface area contributed by atoms with Crippen molar-refractivity contribution in [3.63, 3.8) is 0 Å². The fraction of sp³-hybridized carbons (Fsp3) is 0.600. The van der Waals surface area contributed by atoms with Gasteiger partial charge in [-0.15, -0.1) is 0 Å². The molecular formula is C15H24O3S. The van der Waals surface area contributed by atoms with Crippen molar-refractivity contribution in [1.82, 2.24) is 0 Å². The van der Waals surface area contributed by atoms with E-state index in [1.807, 2.05) is 0 Å². The van der Waals surface area contributed by atoms with Gasteiger partial charge in [0.15, 0.2) is 9.84 Å². The average molecular weight is 284 g/mol. The molecule has 0 amide bonds. The minimum Gasteiger partial charge on any atom is -0.508 e. The monoisotopic (exact) mass is 284 g/mol. The molecule has 0 radical (unpaired) electrons. The summed E-state index contributed by atoms with van der Waals surface area (Å²) in [5, 5.41) is 9.15. The molecule has 1 aromatic carbocycles. The van der Waals surface area contributed by atoms with E-state index in [1.54, 1.807) is 12.1 Å². The Balaban J connectivity index is 2.30. The molecule has 0 aliphatic carbocycles. The quantitative estimate of drug-likeness (QED) is 0.704. The topological polar surface area (TPSA) is 54.4 Å². The highest BCUT2D eigenvalue weighted by Gasteiger charge is 2.11. The van der Waals surface area contributed by atoms with Crippen LogP contribution in [0, 0.1) is 0 Å². The number of hydrogen-bond acceptors (Lipinski definition) is 3. The Kier molecular flexibility index (Phi) is 6.92. The summed E-state index contributed by atoms with van der Waals surface area (Å²) >= 11 is 0. The highest BCUT2D eigenvalue weighted by molar-refractivity contribution is 7.90. The Bertz CT molecular complexity index is 449. The Morgan fingerprint density at radius 2 is 1.53 bits per heavy atom. The van der Waals surface area contributed by atoms with Gasteiger partial charge in [-0.1, -0.05) is 51.2 Å². The molecule has 0 fully saturated rings. The molecule has 1 aromatic rings. The number of phenols is 1. The van der Waals surface area contributed by atoms with Crippen molar-refractivity contribution < 1.29 is 13.5 Å². The van der Waals surface area contributed by atoms with Crippen LogP contribution in [0.1, 0.15) is 51.0 Å². The summed E-state index contributed by atoms with van der Waals surface area (Å²) in [7, 11) is -3.02. The molecule has 0 saturated heterocycles. The van der Waals surface area contributed by atoms with Gasteiger partial charge < -0.3 is 5.11 Å². The third-order valence-electron chi connectivity index (χ3n) is 3.13. The van der Waals surface area contributed by atoms with E-state index in [0.29, 0.717) is 0 Å². The molecule has 1 N–H and O–H groups in total. The molecule has 4 heteroatoms. The van der Waals surface area contributed by atoms with E-state index < -0.39 is 9.84 Å². The van der Waals surface area contributed by atoms with Gasteiger partial charge in [0, 0.05) is 0 Å². The van der Waals surface area contributed by atoms with Gasteiger partial charge in [-0.3, -0.25) is 0 Å². The summed E-state index contributed by atoms with van der Waals surface area (Å²) < 4.78 is 23.8. The van der Waals surface area contributed by atoms with Crippen LogP contribution in [0.15, 0.2) is 24.3 Å². The van der Waals surface area contributed by atoms with Crippen molar-refractivity contribution in [3.8, 4) is 5.75 Å². The standard InChI is InChI=1S/C15H24O3S/c1-2-3-4-5-6-7-12-19(17,18)13-14-8-10-15(16)11-9-14/h8-11,16H,2-7,12-13H2,1H3. The van der Waals surface area contributed by atoms with Crippen LogP contribution in [-0.4, -0.2) is 19.3 Å². The maximum Gasteiger partial charge on any atom is 0.154 e. The molecule has 3 nitrogen and oxygen atoms in total. The normalized spacial score (nSPS) is 11.6. The maximum atomic E-state index is 11.9. The lowest BCUT2D eigenvalue weighted by Gasteiger charge is -2.05. The van der Waals surface area contributed by atoms with Gasteiger partial charge >= 0.3 is 0 Å². The van der Waals surface area contributed by atoms with Crippen molar-refractivity contribution >= 4 is 9.84 Å². The molecule has 1 rings (SSSR count). The van der Waals surface area contributed by atoms with Crippen LogP contribution in [0.5, 0.6) is 5.75 Å². The Labute approximate surface area is 116 Å². The van der Waals surface area contributed by atoms with E-state index in [0.717, 1.165) is 24.8 Å². The second-order valence-electron chi connectivity index (χ2n) is 5.03. The van der Waals surface area contributed by atoms with E-state index in [4.69, 9.17) is 5.11 Å². The van der Waals surface area contributed by atoms with E-state index in [1.165, 1.54) is 31.4 Å². The van der Waals surface area contributed by atoms with Gasteiger partial charge in [0.1, 0.15) is 5.75 Å². The third kappa shape index (κ3) is 7.21. The van der Waals surface area contributed by atoms with Crippen LogP contribution in [0.4, 0.5) is 0 Å². The number of unbranched alkanes of at least 4 members (excludes halogenated alkanes) is 5. The van der Waals surface area contributed by atoms with E-state index in [9.17, 15) is 8.42 Å². The lowest BCUT2D eigenvalue weighted by Crippen LogP contribution is -2.09. The summed E-state index contributed by atoms with van der Waals surface area (Å²) in [6, 6.07) is 6.37. The molecule has 0 bridgehead atoms. The highest BCUT2D eigenvalue weighted by Crippen LogP contribution is 2.14. The molecule has 0 spiro atoms.